The quantitative estimate of drug-likeness (QED) is 0.544. The lowest BCUT2D eigenvalue weighted by Gasteiger charge is -2.24. The molecule has 0 radical (unpaired) electrons. The summed E-state index contributed by atoms with van der Waals surface area (Å²) in [5, 5.41) is 0. The first-order valence-corrected chi connectivity index (χ1v) is 9.56. The minimum atomic E-state index is 0.772. The fraction of sp³-hybridized carbons (Fsp3) is 0.292. The second-order valence-electron chi connectivity index (χ2n) is 6.94. The first kappa shape index (κ1) is 19.9. The van der Waals surface area contributed by atoms with E-state index in [-0.39, 0.29) is 0 Å². The Hall–Kier alpha value is -2.85. The molecule has 0 bridgehead atoms. The van der Waals surface area contributed by atoms with Crippen LogP contribution in [0, 0.1) is 6.92 Å². The van der Waals surface area contributed by atoms with Gasteiger partial charge in [-0.25, -0.2) is 0 Å². The van der Waals surface area contributed by atoms with E-state index < -0.39 is 0 Å². The number of ether oxygens (including phenoxy) is 2. The van der Waals surface area contributed by atoms with E-state index in [1.165, 1.54) is 22.3 Å². The average molecular weight is 377 g/mol. The minimum Gasteiger partial charge on any atom is -0.493 e. The Bertz CT molecular complexity index is 867. The highest BCUT2D eigenvalue weighted by Gasteiger charge is 2.13. The molecule has 3 aromatic rings. The molecule has 0 aliphatic rings. The summed E-state index contributed by atoms with van der Waals surface area (Å²) in [7, 11) is 3.35. The predicted molar refractivity (Wildman–Crippen MR) is 113 cm³/mol. The third kappa shape index (κ3) is 5.33. The van der Waals surface area contributed by atoms with Gasteiger partial charge in [-0.15, -0.1) is 0 Å². The van der Waals surface area contributed by atoms with Crippen LogP contribution in [0.15, 0.2) is 67.0 Å². The highest BCUT2D eigenvalue weighted by molar-refractivity contribution is 5.47. The maximum absolute atomic E-state index is 5.51. The fourth-order valence-corrected chi connectivity index (χ4v) is 3.33. The van der Waals surface area contributed by atoms with E-state index >= 15 is 0 Å². The van der Waals surface area contributed by atoms with Crippen LogP contribution in [0.1, 0.15) is 22.3 Å². The Balaban J connectivity index is 1.80. The highest BCUT2D eigenvalue weighted by atomic mass is 16.5. The van der Waals surface area contributed by atoms with Crippen LogP contribution >= 0.6 is 0 Å². The summed E-state index contributed by atoms with van der Waals surface area (Å²) in [5.41, 5.74) is 5.07. The van der Waals surface area contributed by atoms with Crippen LogP contribution in [-0.4, -0.2) is 30.6 Å². The number of rotatable bonds is 9. The molecule has 0 saturated heterocycles. The van der Waals surface area contributed by atoms with Crippen molar-refractivity contribution in [3.63, 3.8) is 0 Å². The number of hydrogen-bond acceptors (Lipinski definition) is 4. The standard InChI is InChI=1S/C24H28N2O2/c1-19-15-23(27-2)24(28-3)16-22(19)18-26(17-21-9-12-25-13-10-21)14-11-20-7-5-4-6-8-20/h4-10,12-13,15-16H,11,14,17-18H2,1-3H3. The van der Waals surface area contributed by atoms with Crippen LogP contribution in [0.25, 0.3) is 0 Å². The Kier molecular flexibility index (Phi) is 7.04. The molecule has 0 N–H and O–H groups in total. The zero-order chi connectivity index (χ0) is 19.8. The van der Waals surface area contributed by atoms with Gasteiger partial charge in [-0.2, -0.15) is 0 Å². The lowest BCUT2D eigenvalue weighted by Crippen LogP contribution is -2.26. The molecule has 0 aliphatic heterocycles. The summed E-state index contributed by atoms with van der Waals surface area (Å²) in [6.45, 7) is 4.82. The molecule has 2 aromatic carbocycles. The zero-order valence-electron chi connectivity index (χ0n) is 16.9. The van der Waals surface area contributed by atoms with Gasteiger partial charge < -0.3 is 9.47 Å². The molecule has 0 unspecified atom stereocenters. The molecule has 0 saturated carbocycles. The van der Waals surface area contributed by atoms with E-state index in [1.54, 1.807) is 14.2 Å². The Labute approximate surface area is 167 Å². The van der Waals surface area contributed by atoms with Crippen molar-refractivity contribution in [1.29, 1.82) is 0 Å². The van der Waals surface area contributed by atoms with Crippen LogP contribution < -0.4 is 9.47 Å². The minimum absolute atomic E-state index is 0.772. The molecule has 146 valence electrons. The molecule has 0 spiro atoms. The second kappa shape index (κ2) is 9.90. The van der Waals surface area contributed by atoms with E-state index in [2.05, 4.69) is 71.4 Å². The van der Waals surface area contributed by atoms with Gasteiger partial charge in [-0.3, -0.25) is 9.88 Å². The molecule has 4 nitrogen and oxygen atoms in total. The molecule has 1 aromatic heterocycles. The Morgan fingerprint density at radius 3 is 2.18 bits per heavy atom. The molecule has 3 rings (SSSR count). The first-order valence-electron chi connectivity index (χ1n) is 9.56. The van der Waals surface area contributed by atoms with E-state index in [0.29, 0.717) is 0 Å². The number of methoxy groups -OCH3 is 2. The third-order valence-electron chi connectivity index (χ3n) is 4.95. The number of aryl methyl sites for hydroxylation is 1. The van der Waals surface area contributed by atoms with E-state index in [0.717, 1.165) is 37.6 Å². The van der Waals surface area contributed by atoms with Crippen molar-refractivity contribution in [2.24, 2.45) is 0 Å². The van der Waals surface area contributed by atoms with Crippen molar-refractivity contribution in [2.75, 3.05) is 20.8 Å². The van der Waals surface area contributed by atoms with Crippen molar-refractivity contribution >= 4 is 0 Å². The van der Waals surface area contributed by atoms with Gasteiger partial charge >= 0.3 is 0 Å². The molecular formula is C24H28N2O2. The lowest BCUT2D eigenvalue weighted by molar-refractivity contribution is 0.258. The summed E-state index contributed by atoms with van der Waals surface area (Å²) in [6, 6.07) is 18.9. The van der Waals surface area contributed by atoms with Gasteiger partial charge in [0.15, 0.2) is 11.5 Å². The summed E-state index contributed by atoms with van der Waals surface area (Å²) in [5.74, 6) is 1.55. The second-order valence-corrected chi connectivity index (χ2v) is 6.94. The molecule has 0 atom stereocenters. The number of benzene rings is 2. The maximum atomic E-state index is 5.51. The maximum Gasteiger partial charge on any atom is 0.161 e. The Morgan fingerprint density at radius 1 is 0.821 bits per heavy atom. The molecule has 4 heteroatoms. The first-order chi connectivity index (χ1) is 13.7. The van der Waals surface area contributed by atoms with E-state index in [1.807, 2.05) is 12.4 Å². The molecular weight excluding hydrogens is 348 g/mol. The topological polar surface area (TPSA) is 34.6 Å². The van der Waals surface area contributed by atoms with Crippen LogP contribution in [0.4, 0.5) is 0 Å². The Morgan fingerprint density at radius 2 is 1.50 bits per heavy atom. The number of nitrogens with zero attached hydrogens (tertiary/aromatic N) is 2. The van der Waals surface area contributed by atoms with Crippen molar-refractivity contribution in [3.05, 3.63) is 89.2 Å². The SMILES string of the molecule is COc1cc(C)c(CN(CCc2ccccc2)Cc2ccncc2)cc1OC. The van der Waals surface area contributed by atoms with Gasteiger partial charge in [0.05, 0.1) is 14.2 Å². The largest absolute Gasteiger partial charge is 0.493 e. The van der Waals surface area contributed by atoms with Gasteiger partial charge in [0.1, 0.15) is 0 Å². The van der Waals surface area contributed by atoms with Crippen LogP contribution in [0.2, 0.25) is 0 Å². The lowest BCUT2D eigenvalue weighted by atomic mass is 10.1. The summed E-state index contributed by atoms with van der Waals surface area (Å²) in [4.78, 5) is 6.61. The zero-order valence-corrected chi connectivity index (χ0v) is 16.9. The van der Waals surface area contributed by atoms with Gasteiger partial charge in [0.2, 0.25) is 0 Å². The number of hydrogen-bond donors (Lipinski definition) is 0. The van der Waals surface area contributed by atoms with Crippen LogP contribution in [-0.2, 0) is 19.5 Å². The van der Waals surface area contributed by atoms with Crippen LogP contribution in [0.5, 0.6) is 11.5 Å². The molecule has 0 fully saturated rings. The van der Waals surface area contributed by atoms with Crippen molar-refractivity contribution in [1.82, 2.24) is 9.88 Å². The van der Waals surface area contributed by atoms with Gasteiger partial charge in [0, 0.05) is 32.0 Å². The summed E-state index contributed by atoms with van der Waals surface area (Å²) >= 11 is 0. The van der Waals surface area contributed by atoms with Gasteiger partial charge in [-0.1, -0.05) is 30.3 Å². The van der Waals surface area contributed by atoms with E-state index in [9.17, 15) is 0 Å². The molecule has 0 aliphatic carbocycles. The monoisotopic (exact) mass is 376 g/mol. The van der Waals surface area contributed by atoms with Gasteiger partial charge in [0.25, 0.3) is 0 Å². The third-order valence-corrected chi connectivity index (χ3v) is 4.95. The van der Waals surface area contributed by atoms with Gasteiger partial charge in [-0.05, 0) is 59.9 Å². The molecule has 0 amide bonds. The fourth-order valence-electron chi connectivity index (χ4n) is 3.33. The summed E-state index contributed by atoms with van der Waals surface area (Å²) < 4.78 is 10.9. The predicted octanol–water partition coefficient (Wildman–Crippen LogP) is 4.65. The van der Waals surface area contributed by atoms with Crippen molar-refractivity contribution in [2.45, 2.75) is 26.4 Å². The molecule has 1 heterocycles. The smallest absolute Gasteiger partial charge is 0.161 e. The summed E-state index contributed by atoms with van der Waals surface area (Å²) in [6.07, 6.45) is 4.72. The average Bonchev–Trinajstić information content (AvgIpc) is 2.74. The highest BCUT2D eigenvalue weighted by Crippen LogP contribution is 2.31. The van der Waals surface area contributed by atoms with Crippen LogP contribution in [0.3, 0.4) is 0 Å². The van der Waals surface area contributed by atoms with Crippen molar-refractivity contribution in [3.8, 4) is 11.5 Å². The van der Waals surface area contributed by atoms with Crippen molar-refractivity contribution < 1.29 is 9.47 Å². The number of pyridine rings is 1. The molecule has 28 heavy (non-hydrogen) atoms. The normalized spacial score (nSPS) is 10.9. The van der Waals surface area contributed by atoms with E-state index in [4.69, 9.17) is 9.47 Å². The number of aromatic nitrogens is 1.